The number of H-pyrrole nitrogens is 1. The lowest BCUT2D eigenvalue weighted by molar-refractivity contribution is 0.0997. The van der Waals surface area contributed by atoms with Crippen molar-refractivity contribution < 1.29 is 9.21 Å². The van der Waals surface area contributed by atoms with Crippen LogP contribution in [0.25, 0.3) is 11.0 Å². The van der Waals surface area contributed by atoms with Crippen molar-refractivity contribution in [3.63, 3.8) is 0 Å². The zero-order valence-electron chi connectivity index (χ0n) is 9.90. The second-order valence-electron chi connectivity index (χ2n) is 3.96. The maximum absolute atomic E-state index is 12.1. The van der Waals surface area contributed by atoms with Crippen LogP contribution in [0.2, 0.25) is 5.02 Å². The van der Waals surface area contributed by atoms with Gasteiger partial charge in [-0.15, -0.1) is 0 Å². The predicted octanol–water partition coefficient (Wildman–Crippen LogP) is 2.77. The van der Waals surface area contributed by atoms with Crippen molar-refractivity contribution in [2.75, 3.05) is 5.32 Å². The summed E-state index contributed by atoms with van der Waals surface area (Å²) in [6, 6.07) is 5.38. The third-order valence-corrected chi connectivity index (χ3v) is 3.07. The lowest BCUT2D eigenvalue weighted by Crippen LogP contribution is -2.13. The normalized spacial score (nSPS) is 10.8. The number of carbonyl (C=O) groups is 1. The van der Waals surface area contributed by atoms with E-state index in [4.69, 9.17) is 16.0 Å². The molecule has 2 heterocycles. The number of aryl methyl sites for hydroxylation is 1. The Labute approximate surface area is 112 Å². The predicted molar refractivity (Wildman–Crippen MR) is 70.3 cm³/mol. The number of fused-ring (bicyclic) bond motifs is 1. The molecular weight excluding hydrogens is 268 g/mol. The quantitative estimate of drug-likeness (QED) is 0.754. The van der Waals surface area contributed by atoms with Crippen LogP contribution < -0.4 is 5.32 Å². The molecule has 0 aliphatic carbocycles. The van der Waals surface area contributed by atoms with Gasteiger partial charge in [0, 0.05) is 10.9 Å². The molecule has 7 heteroatoms. The topological polar surface area (TPSA) is 83.8 Å². The van der Waals surface area contributed by atoms with Crippen molar-refractivity contribution in [2.45, 2.75) is 6.92 Å². The van der Waals surface area contributed by atoms with E-state index in [2.05, 4.69) is 20.5 Å². The van der Waals surface area contributed by atoms with Gasteiger partial charge in [0.2, 0.25) is 5.95 Å². The van der Waals surface area contributed by atoms with Crippen LogP contribution in [0.3, 0.4) is 0 Å². The van der Waals surface area contributed by atoms with E-state index in [9.17, 15) is 4.79 Å². The maximum Gasteiger partial charge on any atom is 0.294 e. The van der Waals surface area contributed by atoms with Gasteiger partial charge in [-0.05, 0) is 13.0 Å². The Hall–Kier alpha value is -2.34. The minimum absolute atomic E-state index is 0.208. The molecule has 0 bridgehead atoms. The van der Waals surface area contributed by atoms with E-state index in [1.54, 1.807) is 13.0 Å². The Balaban J connectivity index is 2.03. The number of hydrogen-bond donors (Lipinski definition) is 2. The fraction of sp³-hybridized carbons (Fsp3) is 0.0833. The van der Waals surface area contributed by atoms with E-state index in [0.717, 1.165) is 10.9 Å². The molecule has 0 spiro atoms. The Morgan fingerprint density at radius 3 is 3.00 bits per heavy atom. The summed E-state index contributed by atoms with van der Waals surface area (Å²) in [5, 5.41) is 10.0. The number of aromatic nitrogens is 3. The molecule has 3 rings (SSSR count). The molecule has 0 saturated carbocycles. The number of carbonyl (C=O) groups excluding carboxylic acids is 1. The summed E-state index contributed by atoms with van der Waals surface area (Å²) in [6.45, 7) is 1.80. The number of benzene rings is 1. The van der Waals surface area contributed by atoms with Crippen molar-refractivity contribution in [3.05, 3.63) is 40.9 Å². The first kappa shape index (κ1) is 11.7. The number of nitrogens with one attached hydrogen (secondary N) is 2. The minimum Gasteiger partial charge on any atom is -0.449 e. The molecule has 6 nitrogen and oxygen atoms in total. The molecular formula is C12H9ClN4O2. The van der Waals surface area contributed by atoms with Gasteiger partial charge in [-0.2, -0.15) is 10.1 Å². The summed E-state index contributed by atoms with van der Waals surface area (Å²) in [5.41, 5.74) is 1.24. The number of aromatic amines is 1. The Morgan fingerprint density at radius 1 is 1.47 bits per heavy atom. The van der Waals surface area contributed by atoms with Gasteiger partial charge < -0.3 is 4.42 Å². The average molecular weight is 277 g/mol. The molecule has 19 heavy (non-hydrogen) atoms. The van der Waals surface area contributed by atoms with E-state index < -0.39 is 5.91 Å². The lowest BCUT2D eigenvalue weighted by Gasteiger charge is -1.98. The number of hydrogen-bond acceptors (Lipinski definition) is 4. The van der Waals surface area contributed by atoms with E-state index >= 15 is 0 Å². The van der Waals surface area contributed by atoms with Crippen molar-refractivity contribution >= 4 is 34.4 Å². The molecule has 3 aromatic rings. The van der Waals surface area contributed by atoms with Crippen LogP contribution in [-0.4, -0.2) is 21.1 Å². The second kappa shape index (κ2) is 4.40. The summed E-state index contributed by atoms with van der Waals surface area (Å²) in [5.74, 6) is 0.0666. The Bertz CT molecular complexity index is 749. The first-order valence-electron chi connectivity index (χ1n) is 5.51. The third-order valence-electron chi connectivity index (χ3n) is 2.77. The second-order valence-corrected chi connectivity index (χ2v) is 4.37. The molecule has 2 N–H and O–H groups in total. The molecule has 0 aliphatic heterocycles. The number of furan rings is 1. The van der Waals surface area contributed by atoms with Crippen LogP contribution in [0.5, 0.6) is 0 Å². The van der Waals surface area contributed by atoms with E-state index in [1.807, 2.05) is 12.1 Å². The highest BCUT2D eigenvalue weighted by Gasteiger charge is 2.19. The van der Waals surface area contributed by atoms with Crippen LogP contribution in [0.15, 0.2) is 28.9 Å². The van der Waals surface area contributed by atoms with Gasteiger partial charge in [0.15, 0.2) is 11.3 Å². The Kier molecular flexibility index (Phi) is 2.72. The van der Waals surface area contributed by atoms with Gasteiger partial charge in [-0.25, -0.2) is 5.10 Å². The number of anilines is 1. The van der Waals surface area contributed by atoms with Gasteiger partial charge in [-0.3, -0.25) is 10.1 Å². The number of rotatable bonds is 2. The molecule has 1 aromatic carbocycles. The standard InChI is InChI=1S/C12H9ClN4O2/c1-6-7-3-2-4-8(13)10(7)19-9(6)11(18)16-12-14-5-15-17-12/h2-5H,1H3,(H2,14,15,16,17,18). The summed E-state index contributed by atoms with van der Waals surface area (Å²) >= 11 is 6.04. The van der Waals surface area contributed by atoms with Crippen LogP contribution in [-0.2, 0) is 0 Å². The highest BCUT2D eigenvalue weighted by Crippen LogP contribution is 2.30. The van der Waals surface area contributed by atoms with E-state index in [1.165, 1.54) is 6.33 Å². The lowest BCUT2D eigenvalue weighted by atomic mass is 10.1. The summed E-state index contributed by atoms with van der Waals surface area (Å²) < 4.78 is 5.53. The highest BCUT2D eigenvalue weighted by molar-refractivity contribution is 6.35. The number of para-hydroxylation sites is 1. The molecule has 96 valence electrons. The molecule has 0 unspecified atom stereocenters. The molecule has 0 aliphatic rings. The number of amides is 1. The molecule has 0 saturated heterocycles. The van der Waals surface area contributed by atoms with Gasteiger partial charge in [-0.1, -0.05) is 23.7 Å². The number of nitrogens with zero attached hydrogens (tertiary/aromatic N) is 2. The molecule has 0 fully saturated rings. The first-order valence-corrected chi connectivity index (χ1v) is 5.89. The average Bonchev–Trinajstić information content (AvgIpc) is 2.99. The first-order chi connectivity index (χ1) is 9.16. The highest BCUT2D eigenvalue weighted by atomic mass is 35.5. The minimum atomic E-state index is -0.401. The monoisotopic (exact) mass is 276 g/mol. The fourth-order valence-electron chi connectivity index (χ4n) is 1.86. The third kappa shape index (κ3) is 1.96. The van der Waals surface area contributed by atoms with E-state index in [-0.39, 0.29) is 11.7 Å². The Morgan fingerprint density at radius 2 is 2.32 bits per heavy atom. The summed E-state index contributed by atoms with van der Waals surface area (Å²) in [7, 11) is 0. The van der Waals surface area contributed by atoms with Crippen LogP contribution in [0.4, 0.5) is 5.95 Å². The van der Waals surface area contributed by atoms with E-state index in [0.29, 0.717) is 10.6 Å². The SMILES string of the molecule is Cc1c(C(=O)Nc2ncn[nH]2)oc2c(Cl)cccc12. The molecule has 2 aromatic heterocycles. The van der Waals surface area contributed by atoms with Gasteiger partial charge >= 0.3 is 0 Å². The van der Waals surface area contributed by atoms with Crippen molar-refractivity contribution in [1.82, 2.24) is 15.2 Å². The van der Waals surface area contributed by atoms with Crippen molar-refractivity contribution in [2.24, 2.45) is 0 Å². The van der Waals surface area contributed by atoms with Crippen molar-refractivity contribution in [1.29, 1.82) is 0 Å². The van der Waals surface area contributed by atoms with Crippen LogP contribution in [0.1, 0.15) is 16.1 Å². The summed E-state index contributed by atoms with van der Waals surface area (Å²) in [6.07, 6.45) is 1.30. The summed E-state index contributed by atoms with van der Waals surface area (Å²) in [4.78, 5) is 15.9. The van der Waals surface area contributed by atoms with Crippen LogP contribution in [0, 0.1) is 6.92 Å². The molecule has 0 atom stereocenters. The van der Waals surface area contributed by atoms with Gasteiger partial charge in [0.25, 0.3) is 5.91 Å². The maximum atomic E-state index is 12.1. The molecule has 0 radical (unpaired) electrons. The zero-order chi connectivity index (χ0) is 13.4. The fourth-order valence-corrected chi connectivity index (χ4v) is 2.07. The van der Waals surface area contributed by atoms with Gasteiger partial charge in [0.05, 0.1) is 5.02 Å². The smallest absolute Gasteiger partial charge is 0.294 e. The van der Waals surface area contributed by atoms with Crippen LogP contribution >= 0.6 is 11.6 Å². The largest absolute Gasteiger partial charge is 0.449 e. The zero-order valence-corrected chi connectivity index (χ0v) is 10.7. The van der Waals surface area contributed by atoms with Crippen molar-refractivity contribution in [3.8, 4) is 0 Å². The van der Waals surface area contributed by atoms with Gasteiger partial charge in [0.1, 0.15) is 6.33 Å². The molecule has 1 amide bonds. The number of halogens is 1.